The average Bonchev–Trinajstić information content (AvgIpc) is 2.30. The number of carbonyl (C=O) groups excluding carboxylic acids is 1. The average molecular weight is 319 g/mol. The van der Waals surface area contributed by atoms with E-state index < -0.39 is 0 Å². The van der Waals surface area contributed by atoms with Crippen molar-refractivity contribution in [3.63, 3.8) is 0 Å². The molecule has 94 valence electrons. The third-order valence-corrected chi connectivity index (χ3v) is 3.51. The predicted octanol–water partition coefficient (Wildman–Crippen LogP) is 3.80. The van der Waals surface area contributed by atoms with Crippen LogP contribution in [0.1, 0.15) is 29.3 Å². The summed E-state index contributed by atoms with van der Waals surface area (Å²) in [4.78, 5) is 11.8. The Labute approximate surface area is 116 Å². The molecule has 0 aliphatic rings. The Hall–Kier alpha value is -0.540. The summed E-state index contributed by atoms with van der Waals surface area (Å²) >= 11 is 9.37. The summed E-state index contributed by atoms with van der Waals surface area (Å²) in [7, 11) is 0. The van der Waals surface area contributed by atoms with Gasteiger partial charge in [0.05, 0.1) is 0 Å². The van der Waals surface area contributed by atoms with E-state index in [1.807, 2.05) is 13.0 Å². The third kappa shape index (κ3) is 4.68. The SMILES string of the molecule is Cc1ccc(C(=O)NCC(C)CCBr)cc1Cl. The highest BCUT2D eigenvalue weighted by Gasteiger charge is 2.08. The van der Waals surface area contributed by atoms with Gasteiger partial charge in [0.15, 0.2) is 0 Å². The van der Waals surface area contributed by atoms with Crippen molar-refractivity contribution < 1.29 is 4.79 Å². The number of halogens is 2. The van der Waals surface area contributed by atoms with Gasteiger partial charge in [-0.2, -0.15) is 0 Å². The van der Waals surface area contributed by atoms with Gasteiger partial charge in [0.1, 0.15) is 0 Å². The standard InChI is InChI=1S/C13H17BrClNO/c1-9(5-6-14)8-16-13(17)11-4-3-10(2)12(15)7-11/h3-4,7,9H,5-6,8H2,1-2H3,(H,16,17). The van der Waals surface area contributed by atoms with Gasteiger partial charge in [0, 0.05) is 22.5 Å². The van der Waals surface area contributed by atoms with E-state index in [1.54, 1.807) is 12.1 Å². The van der Waals surface area contributed by atoms with Crippen LogP contribution >= 0.6 is 27.5 Å². The molecule has 1 amide bonds. The molecule has 4 heteroatoms. The number of rotatable bonds is 5. The van der Waals surface area contributed by atoms with Crippen LogP contribution in [0.2, 0.25) is 5.02 Å². The molecule has 2 nitrogen and oxygen atoms in total. The van der Waals surface area contributed by atoms with E-state index in [0.717, 1.165) is 17.3 Å². The van der Waals surface area contributed by atoms with E-state index in [0.29, 0.717) is 23.0 Å². The lowest BCUT2D eigenvalue weighted by molar-refractivity contribution is 0.0948. The normalized spacial score (nSPS) is 12.2. The van der Waals surface area contributed by atoms with Crippen molar-refractivity contribution in [2.24, 2.45) is 5.92 Å². The summed E-state index contributed by atoms with van der Waals surface area (Å²) in [6.45, 7) is 4.72. The first-order chi connectivity index (χ1) is 8.04. The van der Waals surface area contributed by atoms with Crippen LogP contribution in [-0.2, 0) is 0 Å². The Kier molecular flexibility index (Phi) is 6.00. The minimum Gasteiger partial charge on any atom is -0.352 e. The number of hydrogen-bond donors (Lipinski definition) is 1. The quantitative estimate of drug-likeness (QED) is 0.822. The van der Waals surface area contributed by atoms with Gasteiger partial charge in [-0.05, 0) is 37.0 Å². The van der Waals surface area contributed by atoms with Crippen LogP contribution in [0.15, 0.2) is 18.2 Å². The number of hydrogen-bond acceptors (Lipinski definition) is 1. The number of aryl methyl sites for hydroxylation is 1. The van der Waals surface area contributed by atoms with E-state index in [-0.39, 0.29) is 5.91 Å². The minimum absolute atomic E-state index is 0.0617. The molecule has 1 rings (SSSR count). The molecule has 1 unspecified atom stereocenters. The van der Waals surface area contributed by atoms with Gasteiger partial charge in [0.2, 0.25) is 0 Å². The topological polar surface area (TPSA) is 29.1 Å². The smallest absolute Gasteiger partial charge is 0.251 e. The van der Waals surface area contributed by atoms with Crippen molar-refractivity contribution in [3.8, 4) is 0 Å². The monoisotopic (exact) mass is 317 g/mol. The van der Waals surface area contributed by atoms with Gasteiger partial charge in [-0.15, -0.1) is 0 Å². The van der Waals surface area contributed by atoms with Gasteiger partial charge in [-0.3, -0.25) is 4.79 Å². The molecule has 0 aromatic heterocycles. The van der Waals surface area contributed by atoms with Crippen molar-refractivity contribution in [2.75, 3.05) is 11.9 Å². The van der Waals surface area contributed by atoms with Gasteiger partial charge in [-0.25, -0.2) is 0 Å². The first kappa shape index (κ1) is 14.5. The van der Waals surface area contributed by atoms with Crippen LogP contribution in [-0.4, -0.2) is 17.8 Å². The van der Waals surface area contributed by atoms with Crippen molar-refractivity contribution in [1.82, 2.24) is 5.32 Å². The van der Waals surface area contributed by atoms with Crippen molar-refractivity contribution in [3.05, 3.63) is 34.3 Å². The number of benzene rings is 1. The molecule has 0 spiro atoms. The molecule has 0 bridgehead atoms. The zero-order valence-corrected chi connectivity index (χ0v) is 12.4. The molecule has 0 saturated carbocycles. The summed E-state index contributed by atoms with van der Waals surface area (Å²) < 4.78 is 0. The Morgan fingerprint density at radius 2 is 2.24 bits per heavy atom. The zero-order chi connectivity index (χ0) is 12.8. The molecule has 1 aromatic carbocycles. The largest absolute Gasteiger partial charge is 0.352 e. The Morgan fingerprint density at radius 1 is 1.53 bits per heavy atom. The van der Waals surface area contributed by atoms with E-state index in [9.17, 15) is 4.79 Å². The fourth-order valence-corrected chi connectivity index (χ4v) is 2.35. The maximum absolute atomic E-state index is 11.8. The lowest BCUT2D eigenvalue weighted by Crippen LogP contribution is -2.28. The van der Waals surface area contributed by atoms with Crippen LogP contribution in [0.4, 0.5) is 0 Å². The molecular formula is C13H17BrClNO. The Morgan fingerprint density at radius 3 is 2.82 bits per heavy atom. The number of amides is 1. The van der Waals surface area contributed by atoms with Gasteiger partial charge in [-0.1, -0.05) is 40.5 Å². The fourth-order valence-electron chi connectivity index (χ4n) is 1.39. The molecule has 0 radical (unpaired) electrons. The molecule has 0 fully saturated rings. The first-order valence-electron chi connectivity index (χ1n) is 5.65. The molecule has 1 aromatic rings. The maximum Gasteiger partial charge on any atom is 0.251 e. The summed E-state index contributed by atoms with van der Waals surface area (Å²) in [6, 6.07) is 5.37. The summed E-state index contributed by atoms with van der Waals surface area (Å²) in [5, 5.41) is 4.50. The number of alkyl halides is 1. The predicted molar refractivity (Wildman–Crippen MR) is 76.1 cm³/mol. The van der Waals surface area contributed by atoms with Crippen LogP contribution in [0.25, 0.3) is 0 Å². The second-order valence-electron chi connectivity index (χ2n) is 4.26. The molecule has 1 atom stereocenters. The lowest BCUT2D eigenvalue weighted by Gasteiger charge is -2.11. The highest BCUT2D eigenvalue weighted by atomic mass is 79.9. The number of nitrogens with one attached hydrogen (secondary N) is 1. The van der Waals surface area contributed by atoms with E-state index in [4.69, 9.17) is 11.6 Å². The maximum atomic E-state index is 11.8. The highest BCUT2D eigenvalue weighted by molar-refractivity contribution is 9.09. The molecule has 0 aliphatic heterocycles. The van der Waals surface area contributed by atoms with Gasteiger partial charge in [0.25, 0.3) is 5.91 Å². The van der Waals surface area contributed by atoms with Crippen LogP contribution in [0.5, 0.6) is 0 Å². The second-order valence-corrected chi connectivity index (χ2v) is 5.46. The third-order valence-electron chi connectivity index (χ3n) is 2.65. The lowest BCUT2D eigenvalue weighted by atomic mass is 10.1. The fraction of sp³-hybridized carbons (Fsp3) is 0.462. The number of carbonyl (C=O) groups is 1. The molecular weight excluding hydrogens is 302 g/mol. The second kappa shape index (κ2) is 7.02. The van der Waals surface area contributed by atoms with Crippen molar-refractivity contribution >= 4 is 33.4 Å². The van der Waals surface area contributed by atoms with Crippen molar-refractivity contribution in [1.29, 1.82) is 0 Å². The van der Waals surface area contributed by atoms with Crippen molar-refractivity contribution in [2.45, 2.75) is 20.3 Å². The molecule has 1 N–H and O–H groups in total. The minimum atomic E-state index is -0.0617. The molecule has 0 heterocycles. The Balaban J connectivity index is 2.55. The van der Waals surface area contributed by atoms with Gasteiger partial charge < -0.3 is 5.32 Å². The Bertz CT molecular complexity index is 395. The summed E-state index contributed by atoms with van der Waals surface area (Å²) in [5.41, 5.74) is 1.60. The summed E-state index contributed by atoms with van der Waals surface area (Å²) in [6.07, 6.45) is 1.05. The first-order valence-corrected chi connectivity index (χ1v) is 7.15. The molecule has 0 aliphatic carbocycles. The molecule has 0 saturated heterocycles. The van der Waals surface area contributed by atoms with Crippen LogP contribution < -0.4 is 5.32 Å². The zero-order valence-electron chi connectivity index (χ0n) is 10.1. The van der Waals surface area contributed by atoms with Gasteiger partial charge >= 0.3 is 0 Å². The van der Waals surface area contributed by atoms with Crippen LogP contribution in [0, 0.1) is 12.8 Å². The van der Waals surface area contributed by atoms with E-state index in [1.165, 1.54) is 0 Å². The van der Waals surface area contributed by atoms with Crippen LogP contribution in [0.3, 0.4) is 0 Å². The van der Waals surface area contributed by atoms with E-state index in [2.05, 4.69) is 28.2 Å². The molecule has 17 heavy (non-hydrogen) atoms. The highest BCUT2D eigenvalue weighted by Crippen LogP contribution is 2.16. The van der Waals surface area contributed by atoms with E-state index >= 15 is 0 Å². The summed E-state index contributed by atoms with van der Waals surface area (Å²) in [5.74, 6) is 0.410.